The second kappa shape index (κ2) is 6.87. The summed E-state index contributed by atoms with van der Waals surface area (Å²) >= 11 is 1.73. The van der Waals surface area contributed by atoms with Gasteiger partial charge in [0.2, 0.25) is 0 Å². The van der Waals surface area contributed by atoms with E-state index >= 15 is 0 Å². The number of rotatable bonds is 4. The Balaban J connectivity index is 1.71. The molecule has 7 heteroatoms. The van der Waals surface area contributed by atoms with E-state index in [0.717, 1.165) is 66.4 Å². The predicted octanol–water partition coefficient (Wildman–Crippen LogP) is 3.78. The summed E-state index contributed by atoms with van der Waals surface area (Å²) in [4.78, 5) is 17.8. The number of fused-ring (bicyclic) bond motifs is 5. The molecule has 1 N–H and O–H groups in total. The molecule has 5 rings (SSSR count). The lowest BCUT2D eigenvalue weighted by Gasteiger charge is -2.29. The van der Waals surface area contributed by atoms with E-state index in [9.17, 15) is 0 Å². The zero-order valence-electron chi connectivity index (χ0n) is 15.9. The lowest BCUT2D eigenvalue weighted by molar-refractivity contribution is 0.122. The summed E-state index contributed by atoms with van der Waals surface area (Å²) in [6, 6.07) is 0.385. The van der Waals surface area contributed by atoms with Gasteiger partial charge < -0.3 is 15.0 Å². The van der Waals surface area contributed by atoms with Gasteiger partial charge in [-0.05, 0) is 43.7 Å². The van der Waals surface area contributed by atoms with Crippen LogP contribution in [-0.4, -0.2) is 47.3 Å². The average Bonchev–Trinajstić information content (AvgIpc) is 3.32. The quantitative estimate of drug-likeness (QED) is 0.740. The standard InChI is InChI=1S/C20H25N5OS/c1-3-12(2)23-18-17-16(21-11-22-18)15-13-5-4-6-14(13)19(24-20(15)27-17)25-7-9-26-10-8-25/h11-12H,3-10H2,1-2H3,(H,21,22,23)/t12-/m0/s1. The minimum atomic E-state index is 0.385. The lowest BCUT2D eigenvalue weighted by Crippen LogP contribution is -2.37. The fraction of sp³-hybridized carbons (Fsp3) is 0.550. The van der Waals surface area contributed by atoms with Crippen molar-refractivity contribution in [3.05, 3.63) is 17.5 Å². The first-order valence-electron chi connectivity index (χ1n) is 9.94. The number of morpholine rings is 1. The monoisotopic (exact) mass is 383 g/mol. The van der Waals surface area contributed by atoms with Crippen LogP contribution in [0, 0.1) is 0 Å². The van der Waals surface area contributed by atoms with Crippen LogP contribution in [0.15, 0.2) is 6.33 Å². The van der Waals surface area contributed by atoms with E-state index in [0.29, 0.717) is 6.04 Å². The first kappa shape index (κ1) is 17.1. The molecular formula is C20H25N5OS. The lowest BCUT2D eigenvalue weighted by atomic mass is 10.1. The Labute approximate surface area is 163 Å². The molecule has 6 nitrogen and oxygen atoms in total. The number of nitrogens with zero attached hydrogens (tertiary/aromatic N) is 4. The summed E-state index contributed by atoms with van der Waals surface area (Å²) in [7, 11) is 0. The van der Waals surface area contributed by atoms with Crippen molar-refractivity contribution < 1.29 is 4.74 Å². The summed E-state index contributed by atoms with van der Waals surface area (Å²) in [5.41, 5.74) is 3.95. The number of aryl methyl sites for hydroxylation is 1. The molecule has 142 valence electrons. The van der Waals surface area contributed by atoms with Crippen LogP contribution in [0.1, 0.15) is 37.8 Å². The van der Waals surface area contributed by atoms with Crippen molar-refractivity contribution in [3.63, 3.8) is 0 Å². The number of thiophene rings is 1. The van der Waals surface area contributed by atoms with Gasteiger partial charge in [-0.3, -0.25) is 0 Å². The molecular weight excluding hydrogens is 358 g/mol. The minimum absolute atomic E-state index is 0.385. The molecule has 0 aromatic carbocycles. The molecule has 4 heterocycles. The fourth-order valence-electron chi connectivity index (χ4n) is 4.15. The van der Waals surface area contributed by atoms with Crippen molar-refractivity contribution >= 4 is 43.4 Å². The highest BCUT2D eigenvalue weighted by Crippen LogP contribution is 2.43. The van der Waals surface area contributed by atoms with Crippen LogP contribution >= 0.6 is 11.3 Å². The maximum Gasteiger partial charge on any atom is 0.147 e. The van der Waals surface area contributed by atoms with Crippen LogP contribution in [-0.2, 0) is 17.6 Å². The van der Waals surface area contributed by atoms with Gasteiger partial charge >= 0.3 is 0 Å². The topological polar surface area (TPSA) is 63.2 Å². The minimum Gasteiger partial charge on any atom is -0.378 e. The number of aromatic nitrogens is 3. The third kappa shape index (κ3) is 2.84. The van der Waals surface area contributed by atoms with E-state index in [1.807, 2.05) is 0 Å². The summed E-state index contributed by atoms with van der Waals surface area (Å²) < 4.78 is 6.68. The van der Waals surface area contributed by atoms with E-state index < -0.39 is 0 Å². The highest BCUT2D eigenvalue weighted by molar-refractivity contribution is 7.26. The Morgan fingerprint density at radius 2 is 2.04 bits per heavy atom. The molecule has 0 radical (unpaired) electrons. The Hall–Kier alpha value is -1.99. The van der Waals surface area contributed by atoms with Gasteiger partial charge in [-0.1, -0.05) is 6.92 Å². The van der Waals surface area contributed by atoms with Crippen molar-refractivity contribution in [3.8, 4) is 0 Å². The van der Waals surface area contributed by atoms with E-state index in [-0.39, 0.29) is 0 Å². The Kier molecular flexibility index (Phi) is 4.36. The number of nitrogens with one attached hydrogen (secondary N) is 1. The summed E-state index contributed by atoms with van der Waals surface area (Å²) in [5.74, 6) is 2.12. The zero-order valence-corrected chi connectivity index (χ0v) is 16.7. The maximum absolute atomic E-state index is 5.55. The van der Waals surface area contributed by atoms with Gasteiger partial charge in [0, 0.05) is 24.5 Å². The smallest absolute Gasteiger partial charge is 0.147 e. The van der Waals surface area contributed by atoms with Crippen LogP contribution in [0.25, 0.3) is 20.4 Å². The van der Waals surface area contributed by atoms with Gasteiger partial charge in [-0.25, -0.2) is 15.0 Å². The third-order valence-corrected chi connectivity index (χ3v) is 6.84. The molecule has 0 spiro atoms. The van der Waals surface area contributed by atoms with Gasteiger partial charge in [-0.15, -0.1) is 11.3 Å². The normalized spacial score (nSPS) is 18.2. The number of pyridine rings is 1. The molecule has 1 atom stereocenters. The maximum atomic E-state index is 5.55. The average molecular weight is 384 g/mol. The predicted molar refractivity (Wildman–Crippen MR) is 111 cm³/mol. The summed E-state index contributed by atoms with van der Waals surface area (Å²) in [5, 5.41) is 4.80. The summed E-state index contributed by atoms with van der Waals surface area (Å²) in [6.45, 7) is 7.80. The van der Waals surface area contributed by atoms with Gasteiger partial charge in [0.1, 0.15) is 22.8 Å². The molecule has 0 unspecified atom stereocenters. The molecule has 3 aromatic heterocycles. The van der Waals surface area contributed by atoms with Crippen molar-refractivity contribution in [2.45, 2.75) is 45.6 Å². The molecule has 0 saturated carbocycles. The largest absolute Gasteiger partial charge is 0.378 e. The van der Waals surface area contributed by atoms with E-state index in [1.54, 1.807) is 17.7 Å². The first-order chi connectivity index (χ1) is 13.3. The molecule has 1 aliphatic heterocycles. The fourth-order valence-corrected chi connectivity index (χ4v) is 5.26. The Bertz CT molecular complexity index is 995. The molecule has 1 aliphatic carbocycles. The SMILES string of the molecule is CC[C@H](C)Nc1ncnc2c1sc1nc(N3CCOCC3)c3c(c12)CCC3. The van der Waals surface area contributed by atoms with Crippen LogP contribution < -0.4 is 10.2 Å². The zero-order chi connectivity index (χ0) is 18.4. The molecule has 0 amide bonds. The van der Waals surface area contributed by atoms with E-state index in [2.05, 4.69) is 34.0 Å². The second-order valence-corrected chi connectivity index (χ2v) is 8.48. The number of hydrogen-bond acceptors (Lipinski definition) is 7. The highest BCUT2D eigenvalue weighted by Gasteiger charge is 2.27. The number of ether oxygens (including phenoxy) is 1. The van der Waals surface area contributed by atoms with Gasteiger partial charge in [-0.2, -0.15) is 0 Å². The van der Waals surface area contributed by atoms with E-state index in [1.165, 1.54) is 28.8 Å². The molecule has 2 aliphatic rings. The van der Waals surface area contributed by atoms with E-state index in [4.69, 9.17) is 9.72 Å². The molecule has 3 aromatic rings. The van der Waals surface area contributed by atoms with Crippen LogP contribution in [0.4, 0.5) is 11.6 Å². The molecule has 1 fully saturated rings. The molecule has 1 saturated heterocycles. The molecule has 0 bridgehead atoms. The van der Waals surface area contributed by atoms with Gasteiger partial charge in [0.15, 0.2) is 0 Å². The molecule has 27 heavy (non-hydrogen) atoms. The van der Waals surface area contributed by atoms with Crippen molar-refractivity contribution in [2.24, 2.45) is 0 Å². The number of anilines is 2. The van der Waals surface area contributed by atoms with Crippen LogP contribution in [0.3, 0.4) is 0 Å². The van der Waals surface area contributed by atoms with Crippen molar-refractivity contribution in [2.75, 3.05) is 36.5 Å². The van der Waals surface area contributed by atoms with Crippen molar-refractivity contribution in [1.29, 1.82) is 0 Å². The number of hydrogen-bond donors (Lipinski definition) is 1. The summed E-state index contributed by atoms with van der Waals surface area (Å²) in [6.07, 6.45) is 6.19. The highest BCUT2D eigenvalue weighted by atomic mass is 32.1. The van der Waals surface area contributed by atoms with Gasteiger partial charge in [0.05, 0.1) is 23.4 Å². The van der Waals surface area contributed by atoms with Crippen LogP contribution in [0.2, 0.25) is 0 Å². The van der Waals surface area contributed by atoms with Gasteiger partial charge in [0.25, 0.3) is 0 Å². The Morgan fingerprint density at radius 3 is 2.85 bits per heavy atom. The second-order valence-electron chi connectivity index (χ2n) is 7.48. The third-order valence-electron chi connectivity index (χ3n) is 5.76. The Morgan fingerprint density at radius 1 is 1.22 bits per heavy atom. The van der Waals surface area contributed by atoms with Crippen LogP contribution in [0.5, 0.6) is 0 Å². The van der Waals surface area contributed by atoms with Crippen molar-refractivity contribution in [1.82, 2.24) is 15.0 Å². The first-order valence-corrected chi connectivity index (χ1v) is 10.8.